The Morgan fingerprint density at radius 3 is 2.77 bits per heavy atom. The van der Waals surface area contributed by atoms with Crippen molar-refractivity contribution in [1.82, 2.24) is 15.2 Å². The van der Waals surface area contributed by atoms with E-state index >= 15 is 0 Å². The molecule has 1 heterocycles. The number of halogens is 1. The highest BCUT2D eigenvalue weighted by atomic mass is 19.1. The van der Waals surface area contributed by atoms with Crippen LogP contribution in [0.25, 0.3) is 0 Å². The van der Waals surface area contributed by atoms with Gasteiger partial charge in [-0.25, -0.2) is 4.39 Å². The van der Waals surface area contributed by atoms with Crippen molar-refractivity contribution in [2.45, 2.75) is 12.5 Å². The zero-order valence-corrected chi connectivity index (χ0v) is 12.8. The number of aromatic nitrogens is 1. The molecule has 0 saturated heterocycles. The van der Waals surface area contributed by atoms with E-state index in [0.29, 0.717) is 18.5 Å². The van der Waals surface area contributed by atoms with Crippen LogP contribution in [0.2, 0.25) is 0 Å². The van der Waals surface area contributed by atoms with Gasteiger partial charge < -0.3 is 5.32 Å². The molecule has 5 heteroatoms. The lowest BCUT2D eigenvalue weighted by Gasteiger charge is -2.24. The molecule has 0 radical (unpaired) electrons. The van der Waals surface area contributed by atoms with Gasteiger partial charge in [0.25, 0.3) is 0 Å². The number of nitrogens with one attached hydrogen (secondary N) is 1. The molecule has 0 fully saturated rings. The second-order valence-corrected chi connectivity index (χ2v) is 5.32. The first-order valence-electron chi connectivity index (χ1n) is 7.16. The van der Waals surface area contributed by atoms with Crippen molar-refractivity contribution in [2.75, 3.05) is 20.6 Å². The predicted molar refractivity (Wildman–Crippen MR) is 83.8 cm³/mol. The van der Waals surface area contributed by atoms with Crippen LogP contribution >= 0.6 is 0 Å². The summed E-state index contributed by atoms with van der Waals surface area (Å²) < 4.78 is 13.4. The Bertz CT molecular complexity index is 616. The van der Waals surface area contributed by atoms with Crippen LogP contribution in [0.3, 0.4) is 0 Å². The molecule has 0 aliphatic heterocycles. The third-order valence-electron chi connectivity index (χ3n) is 3.36. The number of hydrogen-bond donors (Lipinski definition) is 1. The van der Waals surface area contributed by atoms with E-state index in [1.165, 1.54) is 12.1 Å². The Balaban J connectivity index is 1.98. The van der Waals surface area contributed by atoms with E-state index in [1.807, 2.05) is 12.1 Å². The molecule has 1 amide bonds. The van der Waals surface area contributed by atoms with E-state index in [-0.39, 0.29) is 11.7 Å². The van der Waals surface area contributed by atoms with Crippen LogP contribution in [-0.2, 0) is 11.2 Å². The minimum atomic E-state index is -0.510. The molecule has 2 aromatic rings. The SMILES string of the molecule is CN(C)C(C(=O)NCCc1cccnc1)c1cccc(F)c1. The van der Waals surface area contributed by atoms with Crippen molar-refractivity contribution in [3.63, 3.8) is 0 Å². The summed E-state index contributed by atoms with van der Waals surface area (Å²) in [5.74, 6) is -0.480. The van der Waals surface area contributed by atoms with Gasteiger partial charge in [-0.1, -0.05) is 18.2 Å². The fraction of sp³-hybridized carbons (Fsp3) is 0.294. The van der Waals surface area contributed by atoms with Crippen LogP contribution in [0.1, 0.15) is 17.2 Å². The largest absolute Gasteiger partial charge is 0.354 e. The van der Waals surface area contributed by atoms with Gasteiger partial charge in [0.05, 0.1) is 0 Å². The van der Waals surface area contributed by atoms with E-state index in [0.717, 1.165) is 5.56 Å². The van der Waals surface area contributed by atoms with Crippen molar-refractivity contribution in [3.05, 3.63) is 65.7 Å². The van der Waals surface area contributed by atoms with E-state index in [4.69, 9.17) is 0 Å². The van der Waals surface area contributed by atoms with Gasteiger partial charge in [-0.15, -0.1) is 0 Å². The van der Waals surface area contributed by atoms with E-state index in [1.54, 1.807) is 43.5 Å². The molecule has 1 aromatic heterocycles. The molecule has 22 heavy (non-hydrogen) atoms. The Kier molecular flexibility index (Phi) is 5.61. The van der Waals surface area contributed by atoms with Crippen LogP contribution in [0.5, 0.6) is 0 Å². The zero-order valence-electron chi connectivity index (χ0n) is 12.8. The van der Waals surface area contributed by atoms with Crippen molar-refractivity contribution >= 4 is 5.91 Å². The van der Waals surface area contributed by atoms with Crippen molar-refractivity contribution in [2.24, 2.45) is 0 Å². The average molecular weight is 301 g/mol. The Labute approximate surface area is 130 Å². The lowest BCUT2D eigenvalue weighted by atomic mass is 10.0. The standard InChI is InChI=1S/C17H20FN3O/c1-21(2)16(14-6-3-7-15(18)11-14)17(22)20-10-8-13-5-4-9-19-12-13/h3-7,9,11-12,16H,8,10H2,1-2H3,(H,20,22). The molecule has 1 atom stereocenters. The molecular weight excluding hydrogens is 281 g/mol. The highest BCUT2D eigenvalue weighted by Crippen LogP contribution is 2.19. The second-order valence-electron chi connectivity index (χ2n) is 5.32. The van der Waals surface area contributed by atoms with E-state index in [2.05, 4.69) is 10.3 Å². The summed E-state index contributed by atoms with van der Waals surface area (Å²) in [4.78, 5) is 18.2. The van der Waals surface area contributed by atoms with Gasteiger partial charge in [0.15, 0.2) is 0 Å². The van der Waals surface area contributed by atoms with Gasteiger partial charge in [-0.3, -0.25) is 14.7 Å². The van der Waals surface area contributed by atoms with Gasteiger partial charge in [0.1, 0.15) is 11.9 Å². The van der Waals surface area contributed by atoms with Crippen molar-refractivity contribution < 1.29 is 9.18 Å². The number of carbonyl (C=O) groups excluding carboxylic acids is 1. The number of benzene rings is 1. The highest BCUT2D eigenvalue weighted by molar-refractivity contribution is 5.83. The lowest BCUT2D eigenvalue weighted by molar-refractivity contribution is -0.125. The summed E-state index contributed by atoms with van der Waals surface area (Å²) in [6.07, 6.45) is 4.21. The fourth-order valence-electron chi connectivity index (χ4n) is 2.33. The number of pyridine rings is 1. The Morgan fingerprint density at radius 2 is 2.14 bits per heavy atom. The maximum Gasteiger partial charge on any atom is 0.241 e. The molecule has 1 N–H and O–H groups in total. The Morgan fingerprint density at radius 1 is 1.32 bits per heavy atom. The molecule has 1 aromatic carbocycles. The second kappa shape index (κ2) is 7.66. The summed E-state index contributed by atoms with van der Waals surface area (Å²) in [5.41, 5.74) is 1.71. The molecule has 4 nitrogen and oxygen atoms in total. The fourth-order valence-corrected chi connectivity index (χ4v) is 2.33. The maximum absolute atomic E-state index is 13.4. The monoisotopic (exact) mass is 301 g/mol. The Hall–Kier alpha value is -2.27. The van der Waals surface area contributed by atoms with Crippen LogP contribution in [0.4, 0.5) is 4.39 Å². The van der Waals surface area contributed by atoms with Crippen molar-refractivity contribution in [3.8, 4) is 0 Å². The number of nitrogens with zero attached hydrogens (tertiary/aromatic N) is 2. The van der Waals surface area contributed by atoms with Crippen LogP contribution in [0, 0.1) is 5.82 Å². The van der Waals surface area contributed by atoms with Gasteiger partial charge in [0.2, 0.25) is 5.91 Å². The third-order valence-corrected chi connectivity index (χ3v) is 3.36. The zero-order chi connectivity index (χ0) is 15.9. The number of hydrogen-bond acceptors (Lipinski definition) is 3. The van der Waals surface area contributed by atoms with Crippen LogP contribution in [-0.4, -0.2) is 36.4 Å². The molecule has 116 valence electrons. The first kappa shape index (κ1) is 16.1. The summed E-state index contributed by atoms with van der Waals surface area (Å²) in [6, 6.07) is 9.46. The third kappa shape index (κ3) is 4.36. The van der Waals surface area contributed by atoms with E-state index < -0.39 is 6.04 Å². The normalized spacial score (nSPS) is 12.2. The number of carbonyl (C=O) groups is 1. The molecule has 1 unspecified atom stereocenters. The smallest absolute Gasteiger partial charge is 0.241 e. The molecule has 0 aliphatic carbocycles. The van der Waals surface area contributed by atoms with Gasteiger partial charge in [-0.05, 0) is 49.8 Å². The summed E-state index contributed by atoms with van der Waals surface area (Å²) >= 11 is 0. The molecular formula is C17H20FN3O. The topological polar surface area (TPSA) is 45.2 Å². The summed E-state index contributed by atoms with van der Waals surface area (Å²) in [7, 11) is 3.60. The molecule has 0 spiro atoms. The maximum atomic E-state index is 13.4. The van der Waals surface area contributed by atoms with Crippen LogP contribution < -0.4 is 5.32 Å². The number of amides is 1. The van der Waals surface area contributed by atoms with Gasteiger partial charge >= 0.3 is 0 Å². The van der Waals surface area contributed by atoms with Crippen LogP contribution in [0.15, 0.2) is 48.8 Å². The van der Waals surface area contributed by atoms with Gasteiger partial charge in [0, 0.05) is 18.9 Å². The average Bonchev–Trinajstić information content (AvgIpc) is 2.48. The van der Waals surface area contributed by atoms with Gasteiger partial charge in [-0.2, -0.15) is 0 Å². The summed E-state index contributed by atoms with van der Waals surface area (Å²) in [5, 5.41) is 2.90. The molecule has 0 bridgehead atoms. The molecule has 2 rings (SSSR count). The quantitative estimate of drug-likeness (QED) is 0.889. The first-order chi connectivity index (χ1) is 10.6. The summed E-state index contributed by atoms with van der Waals surface area (Å²) in [6.45, 7) is 0.518. The highest BCUT2D eigenvalue weighted by Gasteiger charge is 2.22. The minimum Gasteiger partial charge on any atom is -0.354 e. The minimum absolute atomic E-state index is 0.139. The van der Waals surface area contributed by atoms with E-state index in [9.17, 15) is 9.18 Å². The number of rotatable bonds is 6. The first-order valence-corrected chi connectivity index (χ1v) is 7.16. The van der Waals surface area contributed by atoms with Crippen molar-refractivity contribution in [1.29, 1.82) is 0 Å². The predicted octanol–water partition coefficient (Wildman–Crippen LogP) is 2.18. The molecule has 0 saturated carbocycles. The number of likely N-dealkylation sites (N-methyl/N-ethyl adjacent to an activating group) is 1. The molecule has 0 aliphatic rings. The lowest BCUT2D eigenvalue weighted by Crippen LogP contribution is -2.38.